The predicted molar refractivity (Wildman–Crippen MR) is 107 cm³/mol. The molecule has 0 unspecified atom stereocenters. The average Bonchev–Trinajstić information content (AvgIpc) is 3.25. The fourth-order valence-electron chi connectivity index (χ4n) is 2.28. The van der Waals surface area contributed by atoms with Crippen LogP contribution in [-0.2, 0) is 27.2 Å². The van der Waals surface area contributed by atoms with Gasteiger partial charge in [0.05, 0.1) is 30.8 Å². The lowest BCUT2D eigenvalue weighted by Crippen LogP contribution is -2.14. The quantitative estimate of drug-likeness (QED) is 0.578. The molecule has 0 atom stereocenters. The van der Waals surface area contributed by atoms with Gasteiger partial charge >= 0.3 is 5.97 Å². The van der Waals surface area contributed by atoms with Crippen molar-refractivity contribution in [3.63, 3.8) is 0 Å². The Balaban J connectivity index is 1.57. The van der Waals surface area contributed by atoms with Crippen molar-refractivity contribution in [2.24, 2.45) is 0 Å². The fraction of sp³-hybridized carbons (Fsp3) is 0.222. The Bertz CT molecular complexity index is 955. The number of esters is 1. The zero-order chi connectivity index (χ0) is 19.2. The third kappa shape index (κ3) is 5.59. The Labute approximate surface area is 169 Å². The first-order valence-electron chi connectivity index (χ1n) is 8.13. The molecule has 1 aromatic carbocycles. The Morgan fingerprint density at radius 2 is 1.93 bits per heavy atom. The molecule has 2 aromatic heterocycles. The molecule has 1 amide bonds. The van der Waals surface area contributed by atoms with Crippen LogP contribution in [-0.4, -0.2) is 28.5 Å². The maximum atomic E-state index is 12.2. The van der Waals surface area contributed by atoms with Crippen LogP contribution >= 0.6 is 34.3 Å². The van der Waals surface area contributed by atoms with E-state index in [0.29, 0.717) is 28.1 Å². The maximum Gasteiger partial charge on any atom is 0.311 e. The van der Waals surface area contributed by atoms with E-state index in [9.17, 15) is 9.59 Å². The number of anilines is 1. The number of aromatic nitrogens is 2. The zero-order valence-corrected chi connectivity index (χ0v) is 16.8. The Kier molecular flexibility index (Phi) is 6.54. The summed E-state index contributed by atoms with van der Waals surface area (Å²) >= 11 is 8.74. The number of rotatable bonds is 7. The van der Waals surface area contributed by atoms with E-state index >= 15 is 0 Å². The van der Waals surface area contributed by atoms with Crippen LogP contribution in [0.25, 0.3) is 10.6 Å². The number of hydrogen-bond acceptors (Lipinski definition) is 7. The van der Waals surface area contributed by atoms with Crippen molar-refractivity contribution >= 4 is 51.3 Å². The van der Waals surface area contributed by atoms with Gasteiger partial charge in [-0.2, -0.15) is 0 Å². The van der Waals surface area contributed by atoms with E-state index in [4.69, 9.17) is 16.3 Å². The molecule has 0 radical (unpaired) electrons. The van der Waals surface area contributed by atoms with Crippen molar-refractivity contribution in [1.82, 2.24) is 9.97 Å². The summed E-state index contributed by atoms with van der Waals surface area (Å²) in [5, 5.41) is 8.22. The molecule has 0 saturated heterocycles. The van der Waals surface area contributed by atoms with E-state index in [0.717, 1.165) is 10.6 Å². The third-order valence-corrected chi connectivity index (χ3v) is 5.38. The molecule has 0 aliphatic rings. The van der Waals surface area contributed by atoms with Gasteiger partial charge in [0.1, 0.15) is 5.01 Å². The number of halogens is 1. The van der Waals surface area contributed by atoms with Gasteiger partial charge in [-0.25, -0.2) is 9.97 Å². The number of ether oxygens (including phenoxy) is 1. The minimum Gasteiger partial charge on any atom is -0.466 e. The second-order valence-electron chi connectivity index (χ2n) is 5.51. The smallest absolute Gasteiger partial charge is 0.311 e. The molecule has 3 aromatic rings. The molecule has 3 rings (SSSR count). The lowest BCUT2D eigenvalue weighted by atomic mass is 10.2. The van der Waals surface area contributed by atoms with Crippen molar-refractivity contribution in [2.75, 3.05) is 11.9 Å². The van der Waals surface area contributed by atoms with Crippen LogP contribution in [0.3, 0.4) is 0 Å². The summed E-state index contributed by atoms with van der Waals surface area (Å²) in [6.07, 6.45) is 0.235. The van der Waals surface area contributed by atoms with Gasteiger partial charge in [0.25, 0.3) is 0 Å². The molecule has 0 fully saturated rings. The molecular formula is C18H16ClN3O3S2. The van der Waals surface area contributed by atoms with Gasteiger partial charge in [-0.3, -0.25) is 9.59 Å². The van der Waals surface area contributed by atoms with Crippen molar-refractivity contribution in [3.8, 4) is 10.6 Å². The van der Waals surface area contributed by atoms with Crippen LogP contribution in [0.4, 0.5) is 5.13 Å². The maximum absolute atomic E-state index is 12.2. The van der Waals surface area contributed by atoms with E-state index in [-0.39, 0.29) is 24.7 Å². The molecule has 140 valence electrons. The Hall–Kier alpha value is -2.29. The molecule has 0 aliphatic carbocycles. The van der Waals surface area contributed by atoms with Gasteiger partial charge in [-0.15, -0.1) is 22.7 Å². The van der Waals surface area contributed by atoms with Gasteiger partial charge in [0.2, 0.25) is 5.91 Å². The molecule has 27 heavy (non-hydrogen) atoms. The minimum absolute atomic E-state index is 0.0926. The van der Waals surface area contributed by atoms with E-state index in [2.05, 4.69) is 15.3 Å². The van der Waals surface area contributed by atoms with Gasteiger partial charge in [-0.05, 0) is 19.1 Å². The average molecular weight is 422 g/mol. The summed E-state index contributed by atoms with van der Waals surface area (Å²) < 4.78 is 4.88. The van der Waals surface area contributed by atoms with E-state index in [1.807, 2.05) is 23.6 Å². The third-order valence-electron chi connectivity index (χ3n) is 3.39. The summed E-state index contributed by atoms with van der Waals surface area (Å²) in [6.45, 7) is 2.08. The monoisotopic (exact) mass is 421 g/mol. The predicted octanol–water partition coefficient (Wildman–Crippen LogP) is 4.21. The van der Waals surface area contributed by atoms with E-state index in [1.54, 1.807) is 18.4 Å². The van der Waals surface area contributed by atoms with Gasteiger partial charge < -0.3 is 10.1 Å². The summed E-state index contributed by atoms with van der Waals surface area (Å²) in [7, 11) is 0. The second-order valence-corrected chi connectivity index (χ2v) is 7.66. The van der Waals surface area contributed by atoms with Crippen LogP contribution in [0.15, 0.2) is 35.0 Å². The molecule has 6 nitrogen and oxygen atoms in total. The van der Waals surface area contributed by atoms with E-state index < -0.39 is 0 Å². The van der Waals surface area contributed by atoms with Crippen LogP contribution in [0.2, 0.25) is 5.02 Å². The summed E-state index contributed by atoms with van der Waals surface area (Å²) in [6, 6.07) is 7.43. The topological polar surface area (TPSA) is 81.2 Å². The van der Waals surface area contributed by atoms with Crippen LogP contribution in [0.1, 0.15) is 18.3 Å². The minimum atomic E-state index is -0.336. The Morgan fingerprint density at radius 3 is 2.70 bits per heavy atom. The number of carbonyl (C=O) groups excluding carboxylic acids is 2. The lowest BCUT2D eigenvalue weighted by Gasteiger charge is -2.00. The largest absolute Gasteiger partial charge is 0.466 e. The first kappa shape index (κ1) is 19.5. The van der Waals surface area contributed by atoms with Gasteiger partial charge in [0.15, 0.2) is 5.13 Å². The van der Waals surface area contributed by atoms with Crippen molar-refractivity contribution < 1.29 is 14.3 Å². The van der Waals surface area contributed by atoms with Crippen molar-refractivity contribution in [2.45, 2.75) is 19.8 Å². The normalized spacial score (nSPS) is 10.6. The van der Waals surface area contributed by atoms with Crippen molar-refractivity contribution in [1.29, 1.82) is 0 Å². The highest BCUT2D eigenvalue weighted by molar-refractivity contribution is 7.14. The molecule has 0 bridgehead atoms. The number of nitrogens with zero attached hydrogens (tertiary/aromatic N) is 2. The zero-order valence-electron chi connectivity index (χ0n) is 14.4. The molecule has 9 heteroatoms. The molecule has 0 aliphatic heterocycles. The van der Waals surface area contributed by atoms with Crippen LogP contribution in [0.5, 0.6) is 0 Å². The summed E-state index contributed by atoms with van der Waals surface area (Å²) in [4.78, 5) is 32.4. The molecule has 0 saturated carbocycles. The highest BCUT2D eigenvalue weighted by atomic mass is 35.5. The number of thiazole rings is 2. The number of nitrogens with one attached hydrogen (secondary N) is 1. The van der Waals surface area contributed by atoms with Crippen molar-refractivity contribution in [3.05, 3.63) is 51.4 Å². The molecule has 0 spiro atoms. The highest BCUT2D eigenvalue weighted by Crippen LogP contribution is 2.26. The number of carbonyl (C=O) groups is 2. The van der Waals surface area contributed by atoms with Gasteiger partial charge in [-0.1, -0.05) is 23.7 Å². The summed E-state index contributed by atoms with van der Waals surface area (Å²) in [5.41, 5.74) is 2.17. The molecule has 1 N–H and O–H groups in total. The highest BCUT2D eigenvalue weighted by Gasteiger charge is 2.13. The lowest BCUT2D eigenvalue weighted by molar-refractivity contribution is -0.142. The number of benzene rings is 1. The fourth-order valence-corrected chi connectivity index (χ4v) is 4.01. The second kappa shape index (κ2) is 9.07. The van der Waals surface area contributed by atoms with E-state index in [1.165, 1.54) is 22.7 Å². The van der Waals surface area contributed by atoms with Gasteiger partial charge in [0, 0.05) is 21.3 Å². The molecular weight excluding hydrogens is 406 g/mol. The van der Waals surface area contributed by atoms with Crippen LogP contribution in [0, 0.1) is 0 Å². The first-order valence-corrected chi connectivity index (χ1v) is 10.3. The Morgan fingerprint density at radius 1 is 1.15 bits per heavy atom. The standard InChI is InChI=1S/C18H16ClN3O3S2/c1-2-25-16(24)8-14-10-27-18(21-14)22-15(23)7-13-9-26-17(20-13)11-4-3-5-12(19)6-11/h3-6,9-10H,2,7-8H2,1H3,(H,21,22,23). The summed E-state index contributed by atoms with van der Waals surface area (Å²) in [5.74, 6) is -0.549. The first-order chi connectivity index (χ1) is 13.0. The number of amides is 1. The van der Waals surface area contributed by atoms with Crippen LogP contribution < -0.4 is 5.32 Å². The SMILES string of the molecule is CCOC(=O)Cc1csc(NC(=O)Cc2csc(-c3cccc(Cl)c3)n2)n1. The number of hydrogen-bond donors (Lipinski definition) is 1. The molecule has 2 heterocycles.